The summed E-state index contributed by atoms with van der Waals surface area (Å²) in [5.74, 6) is 3.19. The Morgan fingerprint density at radius 2 is 1.63 bits per heavy atom. The highest BCUT2D eigenvalue weighted by atomic mass is 16.5. The lowest BCUT2D eigenvalue weighted by molar-refractivity contribution is -0.149. The molecule has 0 aliphatic carbocycles. The first kappa shape index (κ1) is 18.0. The number of unbranched alkanes of at least 4 members (excludes halogenated alkanes) is 6. The number of hydrogen-bond donors (Lipinski definition) is 0. The van der Waals surface area contributed by atoms with Crippen molar-refractivity contribution >= 4 is 5.97 Å². The maximum atomic E-state index is 11.6. The Balaban J connectivity index is 3.36. The summed E-state index contributed by atoms with van der Waals surface area (Å²) in [7, 11) is 0. The van der Waals surface area contributed by atoms with Gasteiger partial charge >= 0.3 is 5.97 Å². The van der Waals surface area contributed by atoms with Crippen LogP contribution in [0.3, 0.4) is 0 Å². The van der Waals surface area contributed by atoms with Crippen LogP contribution in [0.15, 0.2) is 0 Å². The third-order valence-corrected chi connectivity index (χ3v) is 3.09. The molecule has 0 radical (unpaired) electrons. The zero-order valence-electron chi connectivity index (χ0n) is 12.9. The van der Waals surface area contributed by atoms with Gasteiger partial charge in [-0.2, -0.15) is 0 Å². The molecule has 0 heterocycles. The Bertz CT molecular complexity index is 263. The molecule has 0 aliphatic rings. The summed E-state index contributed by atoms with van der Waals surface area (Å²) >= 11 is 0. The quantitative estimate of drug-likeness (QED) is 0.307. The van der Waals surface area contributed by atoms with Gasteiger partial charge in [0.15, 0.2) is 0 Å². The van der Waals surface area contributed by atoms with Crippen molar-refractivity contribution in [3.63, 3.8) is 0 Å². The first-order chi connectivity index (χ1) is 9.06. The molecule has 0 spiro atoms. The standard InChI is InChI=1S/C17H30O2/c1-5-6-7-8-9-10-11-12-13-17(18)19-16(4)14-15(2)3/h1,15-16H,6-14H2,2-4H3. The smallest absolute Gasteiger partial charge is 0.306 e. The van der Waals surface area contributed by atoms with E-state index in [-0.39, 0.29) is 12.1 Å². The highest BCUT2D eigenvalue weighted by Crippen LogP contribution is 2.11. The van der Waals surface area contributed by atoms with Crippen LogP contribution in [0.2, 0.25) is 0 Å². The fourth-order valence-corrected chi connectivity index (χ4v) is 2.20. The molecule has 0 aromatic rings. The molecule has 2 heteroatoms. The Morgan fingerprint density at radius 3 is 2.21 bits per heavy atom. The summed E-state index contributed by atoms with van der Waals surface area (Å²) < 4.78 is 5.36. The van der Waals surface area contributed by atoms with Crippen LogP contribution >= 0.6 is 0 Å². The van der Waals surface area contributed by atoms with Crippen molar-refractivity contribution in [1.82, 2.24) is 0 Å². The second-order valence-electron chi connectivity index (χ2n) is 5.76. The van der Waals surface area contributed by atoms with Gasteiger partial charge in [-0.05, 0) is 32.1 Å². The van der Waals surface area contributed by atoms with Crippen LogP contribution in [0.25, 0.3) is 0 Å². The lowest BCUT2D eigenvalue weighted by Crippen LogP contribution is -2.16. The molecule has 0 saturated carbocycles. The number of terminal acetylenes is 1. The first-order valence-corrected chi connectivity index (χ1v) is 7.69. The van der Waals surface area contributed by atoms with E-state index in [0.717, 1.165) is 32.1 Å². The third-order valence-electron chi connectivity index (χ3n) is 3.09. The topological polar surface area (TPSA) is 26.3 Å². The van der Waals surface area contributed by atoms with Gasteiger partial charge in [0.1, 0.15) is 0 Å². The summed E-state index contributed by atoms with van der Waals surface area (Å²) in [6, 6.07) is 0. The second kappa shape index (κ2) is 12.1. The third kappa shape index (κ3) is 13.3. The molecule has 0 aromatic heterocycles. The lowest BCUT2D eigenvalue weighted by atomic mass is 10.1. The maximum Gasteiger partial charge on any atom is 0.306 e. The summed E-state index contributed by atoms with van der Waals surface area (Å²) in [6.07, 6.45) is 14.5. The maximum absolute atomic E-state index is 11.6. The van der Waals surface area contributed by atoms with Gasteiger partial charge in [0.25, 0.3) is 0 Å². The summed E-state index contributed by atoms with van der Waals surface area (Å²) in [5.41, 5.74) is 0. The van der Waals surface area contributed by atoms with Crippen LogP contribution in [0.4, 0.5) is 0 Å². The molecule has 0 amide bonds. The minimum absolute atomic E-state index is 0.0412. The fraction of sp³-hybridized carbons (Fsp3) is 0.824. The zero-order valence-corrected chi connectivity index (χ0v) is 12.9. The van der Waals surface area contributed by atoms with Gasteiger partial charge in [-0.3, -0.25) is 4.79 Å². The average Bonchev–Trinajstić information content (AvgIpc) is 2.31. The van der Waals surface area contributed by atoms with E-state index >= 15 is 0 Å². The van der Waals surface area contributed by atoms with Crippen molar-refractivity contribution < 1.29 is 9.53 Å². The van der Waals surface area contributed by atoms with Crippen molar-refractivity contribution in [3.8, 4) is 12.3 Å². The molecule has 0 saturated heterocycles. The number of rotatable bonds is 11. The molecule has 19 heavy (non-hydrogen) atoms. The highest BCUT2D eigenvalue weighted by molar-refractivity contribution is 5.69. The lowest BCUT2D eigenvalue weighted by Gasteiger charge is -2.15. The number of esters is 1. The molecule has 1 unspecified atom stereocenters. The Hall–Kier alpha value is -0.970. The van der Waals surface area contributed by atoms with Crippen molar-refractivity contribution in [3.05, 3.63) is 0 Å². The second-order valence-corrected chi connectivity index (χ2v) is 5.76. The molecule has 0 aromatic carbocycles. The van der Waals surface area contributed by atoms with Gasteiger partial charge in [-0.1, -0.05) is 39.5 Å². The van der Waals surface area contributed by atoms with Crippen LogP contribution in [0.1, 0.15) is 78.6 Å². The van der Waals surface area contributed by atoms with Gasteiger partial charge < -0.3 is 4.74 Å². The van der Waals surface area contributed by atoms with E-state index < -0.39 is 0 Å². The molecule has 0 fully saturated rings. The molecule has 1 atom stereocenters. The SMILES string of the molecule is C#CCCCCCCCCC(=O)OC(C)CC(C)C. The van der Waals surface area contributed by atoms with Crippen LogP contribution in [-0.4, -0.2) is 12.1 Å². The number of carbonyl (C=O) groups excluding carboxylic acids is 1. The number of ether oxygens (including phenoxy) is 1. The summed E-state index contributed by atoms with van der Waals surface area (Å²) in [5, 5.41) is 0. The number of carbonyl (C=O) groups is 1. The molecule has 0 bridgehead atoms. The predicted molar refractivity (Wildman–Crippen MR) is 80.8 cm³/mol. The predicted octanol–water partition coefficient (Wildman–Crippen LogP) is 4.72. The Morgan fingerprint density at radius 1 is 1.05 bits per heavy atom. The van der Waals surface area contributed by atoms with Crippen LogP contribution in [0, 0.1) is 18.3 Å². The fourth-order valence-electron chi connectivity index (χ4n) is 2.20. The normalized spacial score (nSPS) is 12.2. The van der Waals surface area contributed by atoms with Crippen LogP contribution in [0.5, 0.6) is 0 Å². The molecule has 0 N–H and O–H groups in total. The van der Waals surface area contributed by atoms with E-state index in [1.807, 2.05) is 6.92 Å². The van der Waals surface area contributed by atoms with Crippen molar-refractivity contribution in [2.24, 2.45) is 5.92 Å². The van der Waals surface area contributed by atoms with E-state index in [0.29, 0.717) is 12.3 Å². The summed E-state index contributed by atoms with van der Waals surface area (Å²) in [4.78, 5) is 11.6. The van der Waals surface area contributed by atoms with Crippen LogP contribution < -0.4 is 0 Å². The molecular weight excluding hydrogens is 236 g/mol. The van der Waals surface area contributed by atoms with Crippen molar-refractivity contribution in [2.75, 3.05) is 0 Å². The minimum atomic E-state index is -0.0412. The molecule has 2 nitrogen and oxygen atoms in total. The average molecular weight is 266 g/mol. The van der Waals surface area contributed by atoms with Crippen molar-refractivity contribution in [1.29, 1.82) is 0 Å². The van der Waals surface area contributed by atoms with E-state index in [1.165, 1.54) is 19.3 Å². The number of hydrogen-bond acceptors (Lipinski definition) is 2. The molecular formula is C17H30O2. The minimum Gasteiger partial charge on any atom is -0.463 e. The van der Waals surface area contributed by atoms with Gasteiger partial charge in [-0.15, -0.1) is 12.3 Å². The van der Waals surface area contributed by atoms with Gasteiger partial charge in [0, 0.05) is 12.8 Å². The first-order valence-electron chi connectivity index (χ1n) is 7.69. The monoisotopic (exact) mass is 266 g/mol. The van der Waals surface area contributed by atoms with Crippen LogP contribution in [-0.2, 0) is 9.53 Å². The van der Waals surface area contributed by atoms with Gasteiger partial charge in [0.2, 0.25) is 0 Å². The molecule has 0 aliphatic heterocycles. The van der Waals surface area contributed by atoms with Gasteiger partial charge in [-0.25, -0.2) is 0 Å². The van der Waals surface area contributed by atoms with E-state index in [2.05, 4.69) is 19.8 Å². The molecule has 0 rings (SSSR count). The Kier molecular flexibility index (Phi) is 11.5. The summed E-state index contributed by atoms with van der Waals surface area (Å²) in [6.45, 7) is 6.26. The van der Waals surface area contributed by atoms with E-state index in [4.69, 9.17) is 11.2 Å². The highest BCUT2D eigenvalue weighted by Gasteiger charge is 2.10. The van der Waals surface area contributed by atoms with Gasteiger partial charge in [0.05, 0.1) is 6.10 Å². The Labute approximate surface area is 119 Å². The molecule has 110 valence electrons. The van der Waals surface area contributed by atoms with E-state index in [1.54, 1.807) is 0 Å². The van der Waals surface area contributed by atoms with E-state index in [9.17, 15) is 4.79 Å². The van der Waals surface area contributed by atoms with Crippen molar-refractivity contribution in [2.45, 2.75) is 84.7 Å². The zero-order chi connectivity index (χ0) is 14.5. The largest absolute Gasteiger partial charge is 0.463 e.